The fraction of sp³-hybridized carbons (Fsp3) is 0.143. The third-order valence-electron chi connectivity index (χ3n) is 4.11. The Morgan fingerprint density at radius 1 is 1.23 bits per heavy atom. The number of carbonyl (C=O) groups is 2. The average molecular weight is 437 g/mol. The summed E-state index contributed by atoms with van der Waals surface area (Å²) < 4.78 is 0. The number of nitro benzene ring substituents is 1. The summed E-state index contributed by atoms with van der Waals surface area (Å²) in [5.74, 6) is -0.706. The summed E-state index contributed by atoms with van der Waals surface area (Å²) in [6, 6.07) is 15.2. The van der Waals surface area contributed by atoms with Gasteiger partial charge in [-0.05, 0) is 30.2 Å². The van der Waals surface area contributed by atoms with Gasteiger partial charge in [0.05, 0.1) is 11.1 Å². The van der Waals surface area contributed by atoms with E-state index in [1.54, 1.807) is 6.21 Å². The molecule has 0 radical (unpaired) electrons. The number of nitro groups is 1. The highest BCUT2D eigenvalue weighted by atomic mass is 32.2. The van der Waals surface area contributed by atoms with Crippen LogP contribution >= 0.6 is 11.8 Å². The van der Waals surface area contributed by atoms with E-state index in [1.807, 2.05) is 43.3 Å². The fourth-order valence-electron chi connectivity index (χ4n) is 2.66. The van der Waals surface area contributed by atoms with Gasteiger partial charge in [0.25, 0.3) is 5.69 Å². The maximum atomic E-state index is 12.2. The Morgan fingerprint density at radius 3 is 2.61 bits per heavy atom. The summed E-state index contributed by atoms with van der Waals surface area (Å²) in [5, 5.41) is 23.6. The molecule has 158 valence electrons. The van der Waals surface area contributed by atoms with Crippen LogP contribution in [0.15, 0.2) is 70.4 Å². The standard InChI is InChI=1S/C21H19N5O4S/c1-14(11-15-5-3-2-4-6-15)13-22-25-21-24-20(28)18(31-21)12-19(27)23-16-7-9-17(10-8-16)26(29)30/h2-11,13,18H,12H2,1H3,(H,23,27)(H,24,25,28)/b14-11-,22-13-. The van der Waals surface area contributed by atoms with E-state index >= 15 is 0 Å². The molecular formula is C21H19N5O4S. The molecule has 3 rings (SSSR count). The van der Waals surface area contributed by atoms with Crippen molar-refractivity contribution >= 4 is 52.4 Å². The molecule has 0 bridgehead atoms. The molecule has 0 aliphatic carbocycles. The number of allylic oxidation sites excluding steroid dienone is 1. The summed E-state index contributed by atoms with van der Waals surface area (Å²) in [5.41, 5.74) is 2.28. The molecule has 1 fully saturated rings. The Labute approximate surface area is 182 Å². The van der Waals surface area contributed by atoms with Gasteiger partial charge in [-0.3, -0.25) is 19.7 Å². The minimum Gasteiger partial charge on any atom is -0.326 e. The van der Waals surface area contributed by atoms with Crippen LogP contribution in [-0.2, 0) is 9.59 Å². The second-order valence-electron chi connectivity index (χ2n) is 6.60. The number of hydrogen-bond acceptors (Lipinski definition) is 7. The summed E-state index contributed by atoms with van der Waals surface area (Å²) in [6.07, 6.45) is 3.47. The Kier molecular flexibility index (Phi) is 7.28. The quantitative estimate of drug-likeness (QED) is 0.389. The van der Waals surface area contributed by atoms with Crippen LogP contribution in [0, 0.1) is 10.1 Å². The summed E-state index contributed by atoms with van der Waals surface area (Å²) in [6.45, 7) is 1.89. The van der Waals surface area contributed by atoms with Gasteiger partial charge < -0.3 is 10.6 Å². The lowest BCUT2D eigenvalue weighted by molar-refractivity contribution is -0.384. The molecule has 1 heterocycles. The maximum absolute atomic E-state index is 12.2. The lowest BCUT2D eigenvalue weighted by Crippen LogP contribution is -2.28. The predicted octanol–water partition coefficient (Wildman–Crippen LogP) is 3.60. The summed E-state index contributed by atoms with van der Waals surface area (Å²) in [4.78, 5) is 34.5. The number of anilines is 1. The number of amides is 2. The Hall–Kier alpha value is -3.79. The van der Waals surface area contributed by atoms with Crippen LogP contribution in [0.1, 0.15) is 18.9 Å². The molecule has 10 heteroatoms. The predicted molar refractivity (Wildman–Crippen MR) is 122 cm³/mol. The van der Waals surface area contributed by atoms with Gasteiger partial charge in [-0.25, -0.2) is 0 Å². The maximum Gasteiger partial charge on any atom is 0.269 e. The van der Waals surface area contributed by atoms with E-state index in [9.17, 15) is 19.7 Å². The second-order valence-corrected chi connectivity index (χ2v) is 7.79. The van der Waals surface area contributed by atoms with Gasteiger partial charge >= 0.3 is 0 Å². The lowest BCUT2D eigenvalue weighted by atomic mass is 10.1. The van der Waals surface area contributed by atoms with Crippen LogP contribution in [0.2, 0.25) is 0 Å². The van der Waals surface area contributed by atoms with Gasteiger partial charge in [-0.1, -0.05) is 48.2 Å². The first-order valence-corrected chi connectivity index (χ1v) is 10.1. The zero-order valence-electron chi connectivity index (χ0n) is 16.5. The van der Waals surface area contributed by atoms with Crippen LogP contribution in [0.5, 0.6) is 0 Å². The number of nitrogens with zero attached hydrogens (tertiary/aromatic N) is 3. The SMILES string of the molecule is CC(/C=N\N=C1/NC(=O)C(CC(=O)Nc2ccc([N+](=O)[O-])cc2)S1)=C/c1ccccc1. The summed E-state index contributed by atoms with van der Waals surface area (Å²) >= 11 is 1.13. The lowest BCUT2D eigenvalue weighted by Gasteiger charge is -2.07. The topological polar surface area (TPSA) is 126 Å². The molecule has 1 atom stereocenters. The van der Waals surface area contributed by atoms with E-state index in [1.165, 1.54) is 24.3 Å². The van der Waals surface area contributed by atoms with E-state index in [0.717, 1.165) is 22.9 Å². The van der Waals surface area contributed by atoms with Gasteiger partial charge in [0.15, 0.2) is 5.17 Å². The second kappa shape index (κ2) is 10.3. The average Bonchev–Trinajstić information content (AvgIpc) is 3.08. The van der Waals surface area contributed by atoms with Crippen molar-refractivity contribution in [2.45, 2.75) is 18.6 Å². The van der Waals surface area contributed by atoms with E-state index < -0.39 is 10.2 Å². The van der Waals surface area contributed by atoms with Crippen LogP contribution < -0.4 is 10.6 Å². The first-order valence-electron chi connectivity index (χ1n) is 9.27. The van der Waals surface area contributed by atoms with Crippen molar-refractivity contribution in [1.29, 1.82) is 0 Å². The minimum atomic E-state index is -0.632. The van der Waals surface area contributed by atoms with Gasteiger partial charge in [-0.2, -0.15) is 5.10 Å². The zero-order valence-corrected chi connectivity index (χ0v) is 17.3. The van der Waals surface area contributed by atoms with Gasteiger partial charge in [0, 0.05) is 24.2 Å². The minimum absolute atomic E-state index is 0.0663. The van der Waals surface area contributed by atoms with Crippen LogP contribution in [-0.4, -0.2) is 33.4 Å². The number of carbonyl (C=O) groups excluding carboxylic acids is 2. The molecule has 1 aliphatic heterocycles. The molecule has 0 saturated carbocycles. The summed E-state index contributed by atoms with van der Waals surface area (Å²) in [7, 11) is 0. The Balaban J connectivity index is 1.52. The van der Waals surface area contributed by atoms with Crippen LogP contribution in [0.4, 0.5) is 11.4 Å². The molecule has 2 amide bonds. The van der Waals surface area contributed by atoms with Crippen LogP contribution in [0.3, 0.4) is 0 Å². The molecule has 2 aromatic rings. The normalized spacial score (nSPS) is 17.7. The Morgan fingerprint density at radius 2 is 1.94 bits per heavy atom. The molecule has 1 saturated heterocycles. The van der Waals surface area contributed by atoms with Crippen molar-refractivity contribution < 1.29 is 14.5 Å². The number of rotatable bonds is 7. The molecule has 0 spiro atoms. The number of nitrogens with one attached hydrogen (secondary N) is 2. The van der Waals surface area contributed by atoms with Crippen molar-refractivity contribution in [2.75, 3.05) is 5.32 Å². The van der Waals surface area contributed by atoms with Gasteiger partial charge in [0.1, 0.15) is 5.25 Å². The highest BCUT2D eigenvalue weighted by Crippen LogP contribution is 2.23. The Bertz CT molecular complexity index is 1060. The van der Waals surface area contributed by atoms with E-state index in [0.29, 0.717) is 10.9 Å². The van der Waals surface area contributed by atoms with Gasteiger partial charge in [0.2, 0.25) is 11.8 Å². The molecule has 9 nitrogen and oxygen atoms in total. The smallest absolute Gasteiger partial charge is 0.269 e. The van der Waals surface area contributed by atoms with E-state index in [-0.39, 0.29) is 23.9 Å². The zero-order chi connectivity index (χ0) is 22.2. The molecule has 2 N–H and O–H groups in total. The highest BCUT2D eigenvalue weighted by molar-refractivity contribution is 8.15. The third kappa shape index (κ3) is 6.61. The van der Waals surface area contributed by atoms with Crippen molar-refractivity contribution in [3.05, 3.63) is 75.8 Å². The number of thioether (sulfide) groups is 1. The van der Waals surface area contributed by atoms with Crippen molar-refractivity contribution in [2.24, 2.45) is 10.2 Å². The molecular weight excluding hydrogens is 418 g/mol. The van der Waals surface area contributed by atoms with Crippen molar-refractivity contribution in [3.8, 4) is 0 Å². The fourth-order valence-corrected chi connectivity index (χ4v) is 3.58. The van der Waals surface area contributed by atoms with Gasteiger partial charge in [-0.15, -0.1) is 5.10 Å². The first-order chi connectivity index (χ1) is 14.9. The largest absolute Gasteiger partial charge is 0.326 e. The number of hydrogen-bond donors (Lipinski definition) is 2. The van der Waals surface area contributed by atoms with Crippen LogP contribution in [0.25, 0.3) is 6.08 Å². The molecule has 2 aromatic carbocycles. The molecule has 31 heavy (non-hydrogen) atoms. The molecule has 1 aliphatic rings. The number of amidine groups is 1. The molecule has 1 unspecified atom stereocenters. The van der Waals surface area contributed by atoms with E-state index in [4.69, 9.17) is 0 Å². The first kappa shape index (κ1) is 21.9. The van der Waals surface area contributed by atoms with Crippen molar-refractivity contribution in [1.82, 2.24) is 5.32 Å². The molecule has 0 aromatic heterocycles. The van der Waals surface area contributed by atoms with E-state index in [2.05, 4.69) is 20.8 Å². The monoisotopic (exact) mass is 437 g/mol. The third-order valence-corrected chi connectivity index (χ3v) is 5.19. The number of non-ortho nitro benzene ring substituents is 1. The highest BCUT2D eigenvalue weighted by Gasteiger charge is 2.32. The number of benzene rings is 2. The van der Waals surface area contributed by atoms with Crippen molar-refractivity contribution in [3.63, 3.8) is 0 Å².